The molecule has 1 heterocycles. The summed E-state index contributed by atoms with van der Waals surface area (Å²) < 4.78 is 15.8. The van der Waals surface area contributed by atoms with Crippen LogP contribution in [-0.4, -0.2) is 11.1 Å². The Kier molecular flexibility index (Phi) is 4.91. The van der Waals surface area contributed by atoms with Crippen molar-refractivity contribution < 1.29 is 18.8 Å². The van der Waals surface area contributed by atoms with Crippen LogP contribution in [0.25, 0.3) is 0 Å². The summed E-state index contributed by atoms with van der Waals surface area (Å²) in [6.45, 7) is 2.35. The first kappa shape index (κ1) is 15.8. The van der Waals surface area contributed by atoms with Gasteiger partial charge in [0.05, 0.1) is 5.56 Å². The lowest BCUT2D eigenvalue weighted by Gasteiger charge is -2.07. The van der Waals surface area contributed by atoms with Crippen molar-refractivity contribution in [2.24, 2.45) is 0 Å². The Morgan fingerprint density at radius 3 is 2.46 bits per heavy atom. The van der Waals surface area contributed by atoms with E-state index in [0.29, 0.717) is 29.4 Å². The van der Waals surface area contributed by atoms with Crippen LogP contribution in [0.15, 0.2) is 65.2 Å². The summed E-state index contributed by atoms with van der Waals surface area (Å²) in [5, 5.41) is 3.78. The third-order valence-electron chi connectivity index (χ3n) is 3.37. The Bertz CT molecular complexity index is 794. The number of aryl methyl sites for hydroxylation is 1. The molecule has 0 amide bonds. The maximum atomic E-state index is 12.0. The van der Waals surface area contributed by atoms with E-state index in [2.05, 4.69) is 5.16 Å². The summed E-state index contributed by atoms with van der Waals surface area (Å²) in [5.74, 6) is 0.966. The number of hydrogen-bond acceptors (Lipinski definition) is 5. The minimum atomic E-state index is -0.412. The van der Waals surface area contributed by atoms with Gasteiger partial charge in [-0.3, -0.25) is 0 Å². The van der Waals surface area contributed by atoms with E-state index in [9.17, 15) is 4.79 Å². The van der Waals surface area contributed by atoms with Crippen molar-refractivity contribution in [1.29, 1.82) is 0 Å². The lowest BCUT2D eigenvalue weighted by molar-refractivity contribution is 0.0464. The zero-order chi connectivity index (χ0) is 16.8. The molecule has 0 radical (unpaired) electrons. The molecule has 0 aliphatic heterocycles. The molecule has 0 fully saturated rings. The number of rotatable bonds is 6. The van der Waals surface area contributed by atoms with Gasteiger partial charge in [-0.15, -0.1) is 0 Å². The number of benzene rings is 2. The standard InChI is InChI=1S/C19H17NO4/c1-14-11-17(20-24-14)13-23-19(21)16-7-9-18(10-8-16)22-12-15-5-3-2-4-6-15/h2-11H,12-13H2,1H3. The van der Waals surface area contributed by atoms with E-state index >= 15 is 0 Å². The normalized spacial score (nSPS) is 10.4. The van der Waals surface area contributed by atoms with Gasteiger partial charge in [0.1, 0.15) is 30.4 Å². The molecule has 0 aliphatic carbocycles. The highest BCUT2D eigenvalue weighted by Gasteiger charge is 2.09. The molecule has 0 bridgehead atoms. The number of carbonyl (C=O) groups excluding carboxylic acids is 1. The smallest absolute Gasteiger partial charge is 0.338 e. The van der Waals surface area contributed by atoms with E-state index in [0.717, 1.165) is 5.56 Å². The minimum absolute atomic E-state index is 0.0857. The van der Waals surface area contributed by atoms with Gasteiger partial charge in [-0.1, -0.05) is 35.5 Å². The molecule has 0 atom stereocenters. The third kappa shape index (κ3) is 4.23. The average Bonchev–Trinajstić information content (AvgIpc) is 3.04. The fourth-order valence-electron chi connectivity index (χ4n) is 2.14. The van der Waals surface area contributed by atoms with Gasteiger partial charge in [0, 0.05) is 6.07 Å². The fraction of sp³-hybridized carbons (Fsp3) is 0.158. The Balaban J connectivity index is 1.52. The Morgan fingerprint density at radius 2 is 1.79 bits per heavy atom. The lowest BCUT2D eigenvalue weighted by Crippen LogP contribution is -2.05. The van der Waals surface area contributed by atoms with E-state index in [1.165, 1.54) is 0 Å². The summed E-state index contributed by atoms with van der Waals surface area (Å²) in [5.41, 5.74) is 2.13. The van der Waals surface area contributed by atoms with Crippen LogP contribution in [0.5, 0.6) is 5.75 Å². The molecule has 3 rings (SSSR count). The van der Waals surface area contributed by atoms with Gasteiger partial charge in [-0.05, 0) is 36.8 Å². The minimum Gasteiger partial charge on any atom is -0.489 e. The van der Waals surface area contributed by atoms with Crippen LogP contribution in [0.2, 0.25) is 0 Å². The van der Waals surface area contributed by atoms with Gasteiger partial charge in [-0.2, -0.15) is 0 Å². The Hall–Kier alpha value is -3.08. The zero-order valence-electron chi connectivity index (χ0n) is 13.3. The molecule has 122 valence electrons. The summed E-state index contributed by atoms with van der Waals surface area (Å²) in [7, 11) is 0. The molecular weight excluding hydrogens is 306 g/mol. The number of carbonyl (C=O) groups is 1. The highest BCUT2D eigenvalue weighted by Crippen LogP contribution is 2.15. The van der Waals surface area contributed by atoms with Crippen LogP contribution in [0.4, 0.5) is 0 Å². The molecule has 0 spiro atoms. The quantitative estimate of drug-likeness (QED) is 0.643. The van der Waals surface area contributed by atoms with Gasteiger partial charge < -0.3 is 14.0 Å². The van der Waals surface area contributed by atoms with E-state index in [1.54, 1.807) is 37.3 Å². The van der Waals surface area contributed by atoms with Crippen molar-refractivity contribution in [2.75, 3.05) is 0 Å². The van der Waals surface area contributed by atoms with E-state index in [1.807, 2.05) is 30.3 Å². The molecule has 24 heavy (non-hydrogen) atoms. The first-order valence-corrected chi connectivity index (χ1v) is 7.57. The number of ether oxygens (including phenoxy) is 2. The molecule has 1 aromatic heterocycles. The predicted octanol–water partition coefficient (Wildman–Crippen LogP) is 3.92. The van der Waals surface area contributed by atoms with Crippen molar-refractivity contribution in [3.8, 4) is 5.75 Å². The van der Waals surface area contributed by atoms with Gasteiger partial charge in [-0.25, -0.2) is 4.79 Å². The molecule has 0 saturated carbocycles. The molecule has 0 saturated heterocycles. The van der Waals surface area contributed by atoms with Crippen molar-refractivity contribution in [3.63, 3.8) is 0 Å². The van der Waals surface area contributed by atoms with E-state index in [-0.39, 0.29) is 6.61 Å². The molecule has 2 aromatic carbocycles. The highest BCUT2D eigenvalue weighted by atomic mass is 16.5. The summed E-state index contributed by atoms with van der Waals surface area (Å²) in [6, 6.07) is 18.5. The first-order valence-electron chi connectivity index (χ1n) is 7.57. The molecular formula is C19H17NO4. The second-order valence-electron chi connectivity index (χ2n) is 5.30. The average molecular weight is 323 g/mol. The van der Waals surface area contributed by atoms with Crippen molar-refractivity contribution in [2.45, 2.75) is 20.1 Å². The Labute approximate surface area is 139 Å². The van der Waals surface area contributed by atoms with Gasteiger partial charge in [0.2, 0.25) is 0 Å². The van der Waals surface area contributed by atoms with Crippen LogP contribution in [0, 0.1) is 6.92 Å². The second-order valence-corrected chi connectivity index (χ2v) is 5.30. The summed E-state index contributed by atoms with van der Waals surface area (Å²) in [6.07, 6.45) is 0. The maximum absolute atomic E-state index is 12.0. The zero-order valence-corrected chi connectivity index (χ0v) is 13.3. The SMILES string of the molecule is Cc1cc(COC(=O)c2ccc(OCc3ccccc3)cc2)no1. The lowest BCUT2D eigenvalue weighted by atomic mass is 10.2. The molecule has 5 heteroatoms. The third-order valence-corrected chi connectivity index (χ3v) is 3.37. The second kappa shape index (κ2) is 7.46. The topological polar surface area (TPSA) is 61.6 Å². The van der Waals surface area contributed by atoms with Crippen LogP contribution in [0.1, 0.15) is 27.4 Å². The van der Waals surface area contributed by atoms with Crippen LogP contribution in [-0.2, 0) is 18.0 Å². The van der Waals surface area contributed by atoms with Gasteiger partial charge >= 0.3 is 5.97 Å². The highest BCUT2D eigenvalue weighted by molar-refractivity contribution is 5.89. The maximum Gasteiger partial charge on any atom is 0.338 e. The first-order chi connectivity index (χ1) is 11.7. The van der Waals surface area contributed by atoms with Crippen LogP contribution < -0.4 is 4.74 Å². The number of nitrogens with zero attached hydrogens (tertiary/aromatic N) is 1. The summed E-state index contributed by atoms with van der Waals surface area (Å²) >= 11 is 0. The molecule has 3 aromatic rings. The van der Waals surface area contributed by atoms with E-state index in [4.69, 9.17) is 14.0 Å². The largest absolute Gasteiger partial charge is 0.489 e. The summed E-state index contributed by atoms with van der Waals surface area (Å²) in [4.78, 5) is 12.0. The van der Waals surface area contributed by atoms with Gasteiger partial charge in [0.15, 0.2) is 0 Å². The van der Waals surface area contributed by atoms with Crippen molar-refractivity contribution in [3.05, 3.63) is 83.2 Å². The van der Waals surface area contributed by atoms with Crippen LogP contribution >= 0.6 is 0 Å². The monoisotopic (exact) mass is 323 g/mol. The fourth-order valence-corrected chi connectivity index (χ4v) is 2.14. The van der Waals surface area contributed by atoms with Crippen LogP contribution in [0.3, 0.4) is 0 Å². The number of hydrogen-bond donors (Lipinski definition) is 0. The Morgan fingerprint density at radius 1 is 1.04 bits per heavy atom. The van der Waals surface area contributed by atoms with Crippen molar-refractivity contribution in [1.82, 2.24) is 5.16 Å². The number of esters is 1. The van der Waals surface area contributed by atoms with Crippen molar-refractivity contribution >= 4 is 5.97 Å². The van der Waals surface area contributed by atoms with Gasteiger partial charge in [0.25, 0.3) is 0 Å². The predicted molar refractivity (Wildman–Crippen MR) is 87.6 cm³/mol. The molecule has 5 nitrogen and oxygen atoms in total. The molecule has 0 aliphatic rings. The molecule has 0 unspecified atom stereocenters. The molecule has 0 N–H and O–H groups in total. The number of aromatic nitrogens is 1. The van der Waals surface area contributed by atoms with E-state index < -0.39 is 5.97 Å².